The van der Waals surface area contributed by atoms with Crippen LogP contribution in [0.15, 0.2) is 24.3 Å². The van der Waals surface area contributed by atoms with E-state index in [1.54, 1.807) is 6.92 Å². The number of hydrogen-bond acceptors (Lipinski definition) is 3. The number of benzene rings is 1. The van der Waals surface area contributed by atoms with Crippen molar-refractivity contribution in [3.63, 3.8) is 0 Å². The van der Waals surface area contributed by atoms with Gasteiger partial charge < -0.3 is 10.5 Å². The van der Waals surface area contributed by atoms with E-state index in [1.807, 2.05) is 12.1 Å². The molecule has 0 aromatic heterocycles. The molecule has 0 heterocycles. The Hall–Kier alpha value is -1.35. The molecular weight excluding hydrogens is 214 g/mol. The molecule has 0 aliphatic heterocycles. The Balaban J connectivity index is 2.63. The van der Waals surface area contributed by atoms with Crippen LogP contribution in [-0.4, -0.2) is 12.6 Å². The highest BCUT2D eigenvalue weighted by Crippen LogP contribution is 2.19. The third-order valence-electron chi connectivity index (χ3n) is 2.72. The Bertz CT molecular complexity index is 357. The number of rotatable bonds is 5. The highest BCUT2D eigenvalue weighted by molar-refractivity contribution is 5.70. The summed E-state index contributed by atoms with van der Waals surface area (Å²) in [7, 11) is 0. The number of carbonyl (C=O) groups excluding carboxylic acids is 1. The summed E-state index contributed by atoms with van der Waals surface area (Å²) in [4.78, 5) is 11.3. The first-order chi connectivity index (χ1) is 8.04. The first-order valence-corrected chi connectivity index (χ1v) is 6.05. The second-order valence-corrected chi connectivity index (χ2v) is 4.44. The first kappa shape index (κ1) is 13.7. The maximum absolute atomic E-state index is 11.3. The fraction of sp³-hybridized carbons (Fsp3) is 0.500. The minimum atomic E-state index is -0.282. The molecule has 17 heavy (non-hydrogen) atoms. The molecule has 0 aliphatic rings. The molecule has 0 bridgehead atoms. The second-order valence-electron chi connectivity index (χ2n) is 4.44. The molecule has 0 unspecified atom stereocenters. The average molecular weight is 235 g/mol. The van der Waals surface area contributed by atoms with Crippen LogP contribution in [0.3, 0.4) is 0 Å². The summed E-state index contributed by atoms with van der Waals surface area (Å²) < 4.78 is 4.88. The lowest BCUT2D eigenvalue weighted by molar-refractivity contribution is -0.143. The molecule has 2 N–H and O–H groups in total. The molecule has 1 rings (SSSR count). The summed E-state index contributed by atoms with van der Waals surface area (Å²) in [6.45, 7) is 6.49. The monoisotopic (exact) mass is 235 g/mol. The molecule has 3 heteroatoms. The fourth-order valence-corrected chi connectivity index (χ4v) is 1.65. The van der Waals surface area contributed by atoms with E-state index in [2.05, 4.69) is 26.0 Å². The van der Waals surface area contributed by atoms with Crippen molar-refractivity contribution in [3.05, 3.63) is 35.4 Å². The maximum Gasteiger partial charge on any atom is 0.307 e. The normalized spacial score (nSPS) is 12.5. The van der Waals surface area contributed by atoms with Crippen molar-refractivity contribution in [2.45, 2.75) is 39.2 Å². The molecule has 1 atom stereocenters. The third-order valence-corrected chi connectivity index (χ3v) is 2.72. The summed E-state index contributed by atoms with van der Waals surface area (Å²) in [6, 6.07) is 7.81. The van der Waals surface area contributed by atoms with E-state index >= 15 is 0 Å². The van der Waals surface area contributed by atoms with Gasteiger partial charge in [-0.3, -0.25) is 4.79 Å². The topological polar surface area (TPSA) is 52.3 Å². The lowest BCUT2D eigenvalue weighted by Crippen LogP contribution is -2.17. The van der Waals surface area contributed by atoms with Gasteiger partial charge in [-0.2, -0.15) is 0 Å². The van der Waals surface area contributed by atoms with Crippen LogP contribution in [0.5, 0.6) is 0 Å². The minimum Gasteiger partial charge on any atom is -0.466 e. The maximum atomic E-state index is 11.3. The van der Waals surface area contributed by atoms with Gasteiger partial charge in [-0.05, 0) is 24.0 Å². The first-order valence-electron chi connectivity index (χ1n) is 6.05. The predicted octanol–water partition coefficient (Wildman–Crippen LogP) is 2.76. The summed E-state index contributed by atoms with van der Waals surface area (Å²) >= 11 is 0. The molecule has 0 saturated heterocycles. The van der Waals surface area contributed by atoms with Gasteiger partial charge in [-0.25, -0.2) is 0 Å². The van der Waals surface area contributed by atoms with Crippen molar-refractivity contribution < 1.29 is 9.53 Å². The lowest BCUT2D eigenvalue weighted by Gasteiger charge is -2.12. The Kier molecular flexibility index (Phi) is 5.16. The van der Waals surface area contributed by atoms with Crippen LogP contribution in [0, 0.1) is 0 Å². The molecule has 94 valence electrons. The van der Waals surface area contributed by atoms with Crippen molar-refractivity contribution in [2.24, 2.45) is 5.73 Å². The van der Waals surface area contributed by atoms with Gasteiger partial charge >= 0.3 is 5.97 Å². The number of carbonyl (C=O) groups is 1. The van der Waals surface area contributed by atoms with Crippen LogP contribution in [0.4, 0.5) is 0 Å². The SMILES string of the molecule is CCOC(=O)C[C@H](N)c1ccc(C(C)C)cc1. The Morgan fingerprint density at radius 2 is 1.76 bits per heavy atom. The predicted molar refractivity (Wildman–Crippen MR) is 68.7 cm³/mol. The molecule has 1 aromatic rings. The largest absolute Gasteiger partial charge is 0.466 e. The Labute approximate surface area is 103 Å². The molecule has 3 nitrogen and oxygen atoms in total. The minimum absolute atomic E-state index is 0.231. The zero-order chi connectivity index (χ0) is 12.8. The highest BCUT2D eigenvalue weighted by Gasteiger charge is 2.12. The van der Waals surface area contributed by atoms with Crippen molar-refractivity contribution >= 4 is 5.97 Å². The van der Waals surface area contributed by atoms with E-state index in [9.17, 15) is 4.79 Å². The van der Waals surface area contributed by atoms with E-state index in [1.165, 1.54) is 5.56 Å². The van der Waals surface area contributed by atoms with E-state index < -0.39 is 0 Å². The number of esters is 1. The smallest absolute Gasteiger partial charge is 0.307 e. The van der Waals surface area contributed by atoms with Gasteiger partial charge in [-0.1, -0.05) is 38.1 Å². The van der Waals surface area contributed by atoms with Crippen LogP contribution >= 0.6 is 0 Å². The van der Waals surface area contributed by atoms with Crippen molar-refractivity contribution in [2.75, 3.05) is 6.61 Å². The van der Waals surface area contributed by atoms with Crippen LogP contribution in [0.2, 0.25) is 0 Å². The summed E-state index contributed by atoms with van der Waals surface area (Å²) in [5.41, 5.74) is 8.20. The van der Waals surface area contributed by atoms with Gasteiger partial charge in [0.25, 0.3) is 0 Å². The van der Waals surface area contributed by atoms with Crippen molar-refractivity contribution in [1.29, 1.82) is 0 Å². The zero-order valence-electron chi connectivity index (χ0n) is 10.8. The zero-order valence-corrected chi connectivity index (χ0v) is 10.8. The van der Waals surface area contributed by atoms with Gasteiger partial charge in [0, 0.05) is 6.04 Å². The van der Waals surface area contributed by atoms with Gasteiger partial charge in [-0.15, -0.1) is 0 Å². The summed E-state index contributed by atoms with van der Waals surface area (Å²) in [5, 5.41) is 0. The average Bonchev–Trinajstić information content (AvgIpc) is 2.29. The van der Waals surface area contributed by atoms with Gasteiger partial charge in [0.1, 0.15) is 0 Å². The van der Waals surface area contributed by atoms with Gasteiger partial charge in [0.2, 0.25) is 0 Å². The van der Waals surface area contributed by atoms with Gasteiger partial charge in [0.15, 0.2) is 0 Å². The van der Waals surface area contributed by atoms with E-state index in [0.29, 0.717) is 12.5 Å². The van der Waals surface area contributed by atoms with Crippen molar-refractivity contribution in [3.8, 4) is 0 Å². The third kappa shape index (κ3) is 4.19. The lowest BCUT2D eigenvalue weighted by atomic mass is 9.98. The molecule has 0 saturated carbocycles. The van der Waals surface area contributed by atoms with E-state index in [0.717, 1.165) is 5.56 Å². The van der Waals surface area contributed by atoms with Crippen LogP contribution in [-0.2, 0) is 9.53 Å². The van der Waals surface area contributed by atoms with Crippen LogP contribution in [0.25, 0.3) is 0 Å². The highest BCUT2D eigenvalue weighted by atomic mass is 16.5. The molecule has 0 radical (unpaired) electrons. The standard InChI is InChI=1S/C14H21NO2/c1-4-17-14(16)9-13(15)12-7-5-11(6-8-12)10(2)3/h5-8,10,13H,4,9,15H2,1-3H3/t13-/m0/s1. The quantitative estimate of drug-likeness (QED) is 0.798. The Morgan fingerprint density at radius 1 is 1.24 bits per heavy atom. The summed E-state index contributed by atoms with van der Waals surface area (Å²) in [6.07, 6.45) is 0.231. The molecule has 0 fully saturated rings. The van der Waals surface area contributed by atoms with E-state index in [4.69, 9.17) is 10.5 Å². The number of ether oxygens (including phenoxy) is 1. The fourth-order valence-electron chi connectivity index (χ4n) is 1.65. The second kappa shape index (κ2) is 6.40. The van der Waals surface area contributed by atoms with E-state index in [-0.39, 0.29) is 18.4 Å². The summed E-state index contributed by atoms with van der Waals surface area (Å²) in [5.74, 6) is 0.262. The molecule has 0 spiro atoms. The van der Waals surface area contributed by atoms with Crippen molar-refractivity contribution in [1.82, 2.24) is 0 Å². The molecule has 0 amide bonds. The molecule has 0 aliphatic carbocycles. The number of hydrogen-bond donors (Lipinski definition) is 1. The van der Waals surface area contributed by atoms with Crippen LogP contribution < -0.4 is 5.73 Å². The van der Waals surface area contributed by atoms with Crippen LogP contribution in [0.1, 0.15) is 50.3 Å². The Morgan fingerprint density at radius 3 is 2.24 bits per heavy atom. The molecule has 1 aromatic carbocycles. The molecular formula is C14H21NO2. The number of nitrogens with two attached hydrogens (primary N) is 1. The van der Waals surface area contributed by atoms with Gasteiger partial charge in [0.05, 0.1) is 13.0 Å².